The van der Waals surface area contributed by atoms with Gasteiger partial charge in [-0.3, -0.25) is 14.5 Å². The highest BCUT2D eigenvalue weighted by Gasteiger charge is 2.22. The molecule has 1 saturated heterocycles. The SMILES string of the molecule is CN(C)C(=O)c1cccc(NC(=O)CN2CCC(c3ccc(O)cc3)CC2)c1. The van der Waals surface area contributed by atoms with E-state index in [4.69, 9.17) is 0 Å². The van der Waals surface area contributed by atoms with E-state index in [0.717, 1.165) is 25.9 Å². The van der Waals surface area contributed by atoms with Crippen molar-refractivity contribution in [3.63, 3.8) is 0 Å². The van der Waals surface area contributed by atoms with Crippen LogP contribution >= 0.6 is 0 Å². The number of nitrogens with one attached hydrogen (secondary N) is 1. The maximum atomic E-state index is 12.4. The van der Waals surface area contributed by atoms with Gasteiger partial charge in [0, 0.05) is 25.3 Å². The molecule has 28 heavy (non-hydrogen) atoms. The molecule has 148 valence electrons. The Labute approximate surface area is 165 Å². The average molecular weight is 381 g/mol. The van der Waals surface area contributed by atoms with Crippen LogP contribution in [0.2, 0.25) is 0 Å². The summed E-state index contributed by atoms with van der Waals surface area (Å²) in [4.78, 5) is 28.1. The highest BCUT2D eigenvalue weighted by Crippen LogP contribution is 2.28. The molecule has 2 amide bonds. The van der Waals surface area contributed by atoms with Crippen molar-refractivity contribution in [1.82, 2.24) is 9.80 Å². The minimum atomic E-state index is -0.0904. The number of likely N-dealkylation sites (tertiary alicyclic amines) is 1. The van der Waals surface area contributed by atoms with Crippen LogP contribution in [0, 0.1) is 0 Å². The van der Waals surface area contributed by atoms with Gasteiger partial charge in [0.1, 0.15) is 5.75 Å². The van der Waals surface area contributed by atoms with Crippen molar-refractivity contribution in [2.75, 3.05) is 39.0 Å². The summed E-state index contributed by atoms with van der Waals surface area (Å²) in [7, 11) is 3.41. The number of anilines is 1. The van der Waals surface area contributed by atoms with Crippen molar-refractivity contribution in [3.05, 3.63) is 59.7 Å². The predicted octanol–water partition coefficient (Wildman–Crippen LogP) is 2.91. The minimum absolute atomic E-state index is 0.0717. The van der Waals surface area contributed by atoms with Gasteiger partial charge in [0.25, 0.3) is 5.91 Å². The number of phenols is 1. The Morgan fingerprint density at radius 2 is 1.79 bits per heavy atom. The lowest BCUT2D eigenvalue weighted by Gasteiger charge is -2.31. The number of aromatic hydroxyl groups is 1. The van der Waals surface area contributed by atoms with Crippen LogP contribution in [0.15, 0.2) is 48.5 Å². The van der Waals surface area contributed by atoms with E-state index in [2.05, 4.69) is 10.2 Å². The monoisotopic (exact) mass is 381 g/mol. The van der Waals surface area contributed by atoms with Gasteiger partial charge in [-0.2, -0.15) is 0 Å². The number of piperidine rings is 1. The number of hydrogen-bond donors (Lipinski definition) is 2. The van der Waals surface area contributed by atoms with Gasteiger partial charge in [-0.05, 0) is 67.7 Å². The molecule has 1 aliphatic heterocycles. The summed E-state index contributed by atoms with van der Waals surface area (Å²) in [6.45, 7) is 2.06. The predicted molar refractivity (Wildman–Crippen MR) is 110 cm³/mol. The molecule has 3 rings (SSSR count). The normalized spacial score (nSPS) is 15.2. The molecule has 0 atom stereocenters. The molecule has 1 fully saturated rings. The van der Waals surface area contributed by atoms with Crippen molar-refractivity contribution in [2.24, 2.45) is 0 Å². The molecule has 2 N–H and O–H groups in total. The zero-order valence-electron chi connectivity index (χ0n) is 16.4. The molecule has 1 heterocycles. The largest absolute Gasteiger partial charge is 0.508 e. The Bertz CT molecular complexity index is 825. The number of nitrogens with zero attached hydrogens (tertiary/aromatic N) is 2. The molecule has 2 aromatic rings. The Morgan fingerprint density at radius 3 is 2.43 bits per heavy atom. The zero-order chi connectivity index (χ0) is 20.1. The average Bonchev–Trinajstić information content (AvgIpc) is 2.68. The van der Waals surface area contributed by atoms with E-state index in [1.54, 1.807) is 50.5 Å². The Hall–Kier alpha value is -2.86. The topological polar surface area (TPSA) is 72.9 Å². The summed E-state index contributed by atoms with van der Waals surface area (Å²) in [5.41, 5.74) is 2.43. The maximum Gasteiger partial charge on any atom is 0.253 e. The van der Waals surface area contributed by atoms with Crippen molar-refractivity contribution in [2.45, 2.75) is 18.8 Å². The number of phenolic OH excluding ortho intramolecular Hbond substituents is 1. The molecule has 2 aromatic carbocycles. The molecule has 0 spiro atoms. The van der Waals surface area contributed by atoms with Gasteiger partial charge >= 0.3 is 0 Å². The molecule has 6 heteroatoms. The van der Waals surface area contributed by atoms with Crippen LogP contribution in [0.3, 0.4) is 0 Å². The van der Waals surface area contributed by atoms with Gasteiger partial charge in [0.05, 0.1) is 6.54 Å². The second kappa shape index (κ2) is 8.89. The van der Waals surface area contributed by atoms with Gasteiger partial charge in [-0.15, -0.1) is 0 Å². The van der Waals surface area contributed by atoms with Gasteiger partial charge in [-0.1, -0.05) is 18.2 Å². The van der Waals surface area contributed by atoms with Crippen LogP contribution in [0.5, 0.6) is 5.75 Å². The van der Waals surface area contributed by atoms with E-state index < -0.39 is 0 Å². The van der Waals surface area contributed by atoms with Crippen molar-refractivity contribution >= 4 is 17.5 Å². The molecule has 0 saturated carbocycles. The third-order valence-electron chi connectivity index (χ3n) is 5.12. The summed E-state index contributed by atoms with van der Waals surface area (Å²) in [6.07, 6.45) is 1.98. The first-order chi connectivity index (χ1) is 13.4. The molecule has 0 unspecified atom stereocenters. The summed E-state index contributed by atoms with van der Waals surface area (Å²) in [5, 5.41) is 12.3. The van der Waals surface area contributed by atoms with Crippen molar-refractivity contribution < 1.29 is 14.7 Å². The summed E-state index contributed by atoms with van der Waals surface area (Å²) < 4.78 is 0. The molecule has 0 radical (unpaired) electrons. The lowest BCUT2D eigenvalue weighted by Crippen LogP contribution is -2.38. The van der Waals surface area contributed by atoms with Crippen LogP contribution < -0.4 is 5.32 Å². The molecular formula is C22H27N3O3. The van der Waals surface area contributed by atoms with E-state index in [1.807, 2.05) is 12.1 Å². The van der Waals surface area contributed by atoms with E-state index in [9.17, 15) is 14.7 Å². The first-order valence-corrected chi connectivity index (χ1v) is 9.55. The molecule has 0 aliphatic carbocycles. The molecule has 0 bridgehead atoms. The van der Waals surface area contributed by atoms with Gasteiger partial charge < -0.3 is 15.3 Å². The Morgan fingerprint density at radius 1 is 1.11 bits per heavy atom. The van der Waals surface area contributed by atoms with Crippen LogP contribution in [0.1, 0.15) is 34.7 Å². The molecule has 0 aromatic heterocycles. The highest BCUT2D eigenvalue weighted by atomic mass is 16.3. The first-order valence-electron chi connectivity index (χ1n) is 9.55. The Balaban J connectivity index is 1.50. The smallest absolute Gasteiger partial charge is 0.253 e. The standard InChI is InChI=1S/C22H27N3O3/c1-24(2)22(28)18-4-3-5-19(14-18)23-21(27)15-25-12-10-17(11-13-25)16-6-8-20(26)9-7-16/h3-9,14,17,26H,10-13,15H2,1-2H3,(H,23,27). The third-order valence-corrected chi connectivity index (χ3v) is 5.12. The Kier molecular flexibility index (Phi) is 6.31. The lowest BCUT2D eigenvalue weighted by molar-refractivity contribution is -0.117. The van der Waals surface area contributed by atoms with Crippen molar-refractivity contribution in [3.8, 4) is 5.75 Å². The fraction of sp³-hybridized carbons (Fsp3) is 0.364. The van der Waals surface area contributed by atoms with E-state index in [-0.39, 0.29) is 17.6 Å². The lowest BCUT2D eigenvalue weighted by atomic mass is 9.89. The number of rotatable bonds is 5. The second-order valence-corrected chi connectivity index (χ2v) is 7.47. The second-order valence-electron chi connectivity index (χ2n) is 7.47. The van der Waals surface area contributed by atoms with E-state index in [0.29, 0.717) is 23.7 Å². The molecule has 6 nitrogen and oxygen atoms in total. The number of hydrogen-bond acceptors (Lipinski definition) is 4. The molecular weight excluding hydrogens is 354 g/mol. The summed E-state index contributed by atoms with van der Waals surface area (Å²) >= 11 is 0. The number of carbonyl (C=O) groups is 2. The fourth-order valence-corrected chi connectivity index (χ4v) is 3.56. The van der Waals surface area contributed by atoms with E-state index in [1.165, 1.54) is 10.5 Å². The first kappa shape index (κ1) is 19.9. The number of carbonyl (C=O) groups excluding carboxylic acids is 2. The van der Waals surface area contributed by atoms with Crippen LogP contribution in [0.25, 0.3) is 0 Å². The summed E-state index contributed by atoms with van der Waals surface area (Å²) in [5.74, 6) is 0.591. The van der Waals surface area contributed by atoms with Gasteiger partial charge in [0.2, 0.25) is 5.91 Å². The molecule has 1 aliphatic rings. The zero-order valence-corrected chi connectivity index (χ0v) is 16.4. The highest BCUT2D eigenvalue weighted by molar-refractivity contribution is 5.97. The van der Waals surface area contributed by atoms with Crippen molar-refractivity contribution in [1.29, 1.82) is 0 Å². The quantitative estimate of drug-likeness (QED) is 0.835. The van der Waals surface area contributed by atoms with Gasteiger partial charge in [0.15, 0.2) is 0 Å². The van der Waals surface area contributed by atoms with Crippen LogP contribution in [-0.4, -0.2) is 60.5 Å². The van der Waals surface area contributed by atoms with Gasteiger partial charge in [-0.25, -0.2) is 0 Å². The van der Waals surface area contributed by atoms with Crippen LogP contribution in [-0.2, 0) is 4.79 Å². The fourth-order valence-electron chi connectivity index (χ4n) is 3.56. The minimum Gasteiger partial charge on any atom is -0.508 e. The summed E-state index contributed by atoms with van der Waals surface area (Å²) in [6, 6.07) is 14.4. The maximum absolute atomic E-state index is 12.4. The number of benzene rings is 2. The van der Waals surface area contributed by atoms with E-state index >= 15 is 0 Å². The number of amides is 2. The van der Waals surface area contributed by atoms with Crippen LogP contribution in [0.4, 0.5) is 5.69 Å². The third kappa shape index (κ3) is 5.10.